The van der Waals surface area contributed by atoms with Gasteiger partial charge in [-0.3, -0.25) is 4.79 Å². The molecule has 0 heterocycles. The Morgan fingerprint density at radius 1 is 0.625 bits per heavy atom. The van der Waals surface area contributed by atoms with E-state index in [1.54, 1.807) is 0 Å². The van der Waals surface area contributed by atoms with Crippen LogP contribution in [0.2, 0.25) is 41.4 Å². The molecule has 0 aromatic heterocycles. The molecule has 0 aromatic rings. The van der Waals surface area contributed by atoms with E-state index in [1.807, 2.05) is 0 Å². The van der Waals surface area contributed by atoms with Gasteiger partial charge >= 0.3 is 0 Å². The fourth-order valence-corrected chi connectivity index (χ4v) is 24.1. The lowest BCUT2D eigenvalue weighted by atomic mass is 10.5. The average molecular weight is 372 g/mol. The van der Waals surface area contributed by atoms with Gasteiger partial charge in [-0.25, -0.2) is 0 Å². The monoisotopic (exact) mass is 371 g/mol. The van der Waals surface area contributed by atoms with E-state index in [2.05, 4.69) is 41.5 Å². The van der Waals surface area contributed by atoms with Crippen molar-refractivity contribution in [3.05, 3.63) is 0 Å². The lowest BCUT2D eigenvalue weighted by molar-refractivity contribution is -0.116. The molecule has 0 radical (unpaired) electrons. The third-order valence-corrected chi connectivity index (χ3v) is 21.7. The molecule has 0 aromatic carbocycles. The summed E-state index contributed by atoms with van der Waals surface area (Å²) in [6, 6.07) is 7.88. The van der Waals surface area contributed by atoms with Gasteiger partial charge in [-0.2, -0.15) is 0 Å². The van der Waals surface area contributed by atoms with Crippen molar-refractivity contribution in [2.45, 2.75) is 121 Å². The second-order valence-corrected chi connectivity index (χ2v) is 18.2. The van der Waals surface area contributed by atoms with Crippen molar-refractivity contribution >= 4 is 22.1 Å². The highest BCUT2D eigenvalue weighted by Crippen LogP contribution is 2.48. The fraction of sp³-hybridized carbons (Fsp3) is 0.950. The van der Waals surface area contributed by atoms with Crippen molar-refractivity contribution in [1.82, 2.24) is 0 Å². The minimum Gasteiger partial charge on any atom is -0.370 e. The number of amides is 1. The zero-order chi connectivity index (χ0) is 18.6. The smallest absolute Gasteiger partial charge is 0.215 e. The molecule has 0 atom stereocenters. The Hall–Kier alpha value is -0.0962. The maximum absolute atomic E-state index is 12.9. The minimum atomic E-state index is -1.65. The predicted molar refractivity (Wildman–Crippen MR) is 115 cm³/mol. The number of hydrogen-bond acceptors (Lipinski definition) is 1. The quantitative estimate of drug-likeness (QED) is 0.318. The minimum absolute atomic E-state index is 0.0963. The summed E-state index contributed by atoms with van der Waals surface area (Å²) in [5.74, 6) is 0.0963. The lowest BCUT2D eigenvalue weighted by Crippen LogP contribution is -2.58. The summed E-state index contributed by atoms with van der Waals surface area (Å²) in [7, 11) is -3.30. The molecule has 0 spiro atoms. The van der Waals surface area contributed by atoms with Crippen LogP contribution in [0.3, 0.4) is 0 Å². The van der Waals surface area contributed by atoms with Crippen molar-refractivity contribution < 1.29 is 4.79 Å². The van der Waals surface area contributed by atoms with Crippen LogP contribution in [0.5, 0.6) is 0 Å². The molecule has 144 valence electrons. The van der Waals surface area contributed by atoms with E-state index < -0.39 is 16.1 Å². The van der Waals surface area contributed by atoms with Crippen LogP contribution < -0.4 is 5.73 Å². The Morgan fingerprint density at radius 2 is 0.833 bits per heavy atom. The molecule has 4 heteroatoms. The van der Waals surface area contributed by atoms with Crippen LogP contribution in [0.1, 0.15) is 80.1 Å². The van der Waals surface area contributed by atoms with Crippen molar-refractivity contribution in [2.24, 2.45) is 5.73 Å². The summed E-state index contributed by atoms with van der Waals surface area (Å²) in [5.41, 5.74) is 6.22. The van der Waals surface area contributed by atoms with Gasteiger partial charge in [0.05, 0.1) is 16.1 Å². The molecular weight excluding hydrogens is 326 g/mol. The highest BCUT2D eigenvalue weighted by molar-refractivity contribution is 7.03. The SMILES string of the molecule is CCC[Si](CCC)(CCC)C(C(N)=O)[Si](CCC)(CCC)CCC. The van der Waals surface area contributed by atoms with Crippen LogP contribution >= 0.6 is 0 Å². The Bertz CT molecular complexity index is 286. The Morgan fingerprint density at radius 3 is 0.958 bits per heavy atom. The predicted octanol–water partition coefficient (Wildman–Crippen LogP) is 6.74. The first-order chi connectivity index (χ1) is 11.4. The molecule has 0 aliphatic heterocycles. The van der Waals surface area contributed by atoms with Crippen LogP contribution in [0.25, 0.3) is 0 Å². The van der Waals surface area contributed by atoms with E-state index in [9.17, 15) is 4.79 Å². The zero-order valence-electron chi connectivity index (χ0n) is 17.5. The lowest BCUT2D eigenvalue weighted by Gasteiger charge is -2.48. The van der Waals surface area contributed by atoms with Crippen molar-refractivity contribution in [3.8, 4) is 0 Å². The van der Waals surface area contributed by atoms with E-state index >= 15 is 0 Å². The summed E-state index contributed by atoms with van der Waals surface area (Å²) in [6.45, 7) is 13.9. The number of primary amides is 1. The molecule has 0 aliphatic carbocycles. The largest absolute Gasteiger partial charge is 0.370 e. The van der Waals surface area contributed by atoms with Crippen LogP contribution in [-0.2, 0) is 4.79 Å². The fourth-order valence-electron chi connectivity index (χ4n) is 5.86. The van der Waals surface area contributed by atoms with Gasteiger partial charge in [-0.15, -0.1) is 0 Å². The van der Waals surface area contributed by atoms with Crippen molar-refractivity contribution in [2.75, 3.05) is 0 Å². The molecule has 0 saturated heterocycles. The first-order valence-electron chi connectivity index (χ1n) is 10.7. The van der Waals surface area contributed by atoms with E-state index in [1.165, 1.54) is 74.8 Å². The molecular formula is C20H45NOSi2. The van der Waals surface area contributed by atoms with E-state index in [4.69, 9.17) is 5.73 Å². The van der Waals surface area contributed by atoms with Crippen LogP contribution in [-0.4, -0.2) is 22.1 Å². The van der Waals surface area contributed by atoms with E-state index in [0.717, 1.165) is 0 Å². The molecule has 2 N–H and O–H groups in total. The molecule has 0 rings (SSSR count). The summed E-state index contributed by atoms with van der Waals surface area (Å²) in [6.07, 6.45) is 7.36. The third kappa shape index (κ3) is 6.01. The standard InChI is InChI=1S/C20H45NOSi2/c1-7-13-23(14-8-2,15-9-3)20(19(21)22)24(16-10-4,17-11-5)18-12-6/h20H,7-18H2,1-6H3,(H2,21,22). The van der Waals surface area contributed by atoms with Gasteiger partial charge in [-0.1, -0.05) is 116 Å². The molecule has 0 aliphatic rings. The number of carbonyl (C=O) groups is 1. The van der Waals surface area contributed by atoms with Gasteiger partial charge in [0.2, 0.25) is 5.91 Å². The van der Waals surface area contributed by atoms with Crippen LogP contribution in [0, 0.1) is 0 Å². The maximum Gasteiger partial charge on any atom is 0.215 e. The maximum atomic E-state index is 12.9. The Kier molecular flexibility index (Phi) is 12.2. The van der Waals surface area contributed by atoms with Gasteiger partial charge in [0, 0.05) is 5.16 Å². The first-order valence-corrected chi connectivity index (χ1v) is 16.1. The second-order valence-electron chi connectivity index (χ2n) is 8.06. The van der Waals surface area contributed by atoms with Crippen LogP contribution in [0.4, 0.5) is 0 Å². The number of hydrogen-bond donors (Lipinski definition) is 1. The number of nitrogens with two attached hydrogens (primary N) is 1. The molecule has 0 saturated carbocycles. The van der Waals surface area contributed by atoms with Gasteiger partial charge in [-0.05, 0) is 0 Å². The highest BCUT2D eigenvalue weighted by atomic mass is 28.4. The molecule has 0 unspecified atom stereocenters. The molecule has 0 fully saturated rings. The molecule has 1 amide bonds. The zero-order valence-corrected chi connectivity index (χ0v) is 19.5. The average Bonchev–Trinajstić information content (AvgIpc) is 2.48. The Balaban J connectivity index is 6.22. The third-order valence-electron chi connectivity index (χ3n) is 6.00. The normalized spacial score (nSPS) is 12.8. The van der Waals surface area contributed by atoms with Gasteiger partial charge in [0.15, 0.2) is 0 Å². The van der Waals surface area contributed by atoms with Gasteiger partial charge in [0.1, 0.15) is 0 Å². The van der Waals surface area contributed by atoms with Crippen molar-refractivity contribution in [3.63, 3.8) is 0 Å². The topological polar surface area (TPSA) is 43.1 Å². The number of rotatable bonds is 15. The molecule has 0 bridgehead atoms. The van der Waals surface area contributed by atoms with Crippen LogP contribution in [0.15, 0.2) is 0 Å². The Labute approximate surface area is 154 Å². The second kappa shape index (κ2) is 12.3. The number of carbonyl (C=O) groups excluding carboxylic acids is 1. The highest BCUT2D eigenvalue weighted by Gasteiger charge is 2.53. The summed E-state index contributed by atoms with van der Waals surface area (Å²) in [4.78, 5) is 12.9. The summed E-state index contributed by atoms with van der Waals surface area (Å²) < 4.78 is 0. The summed E-state index contributed by atoms with van der Waals surface area (Å²) in [5, 5.41) is 0.310. The van der Waals surface area contributed by atoms with Gasteiger partial charge in [0.25, 0.3) is 0 Å². The van der Waals surface area contributed by atoms with Gasteiger partial charge < -0.3 is 5.73 Å². The first kappa shape index (κ1) is 23.9. The van der Waals surface area contributed by atoms with E-state index in [0.29, 0.717) is 5.16 Å². The van der Waals surface area contributed by atoms with E-state index in [-0.39, 0.29) is 5.91 Å². The molecule has 2 nitrogen and oxygen atoms in total. The van der Waals surface area contributed by atoms with Crippen molar-refractivity contribution in [1.29, 1.82) is 0 Å². The molecule has 24 heavy (non-hydrogen) atoms. The summed E-state index contributed by atoms with van der Waals surface area (Å²) >= 11 is 0.